The minimum absolute atomic E-state index is 0.0709. The van der Waals surface area contributed by atoms with Crippen molar-refractivity contribution in [3.63, 3.8) is 0 Å². The molecule has 0 spiro atoms. The first-order chi connectivity index (χ1) is 10.0. The van der Waals surface area contributed by atoms with E-state index < -0.39 is 5.91 Å². The molecular weight excluding hydrogens is 296 g/mol. The molecule has 0 aliphatic rings. The maximum Gasteiger partial charge on any atom is 0.259 e. The SMILES string of the molecule is N/C(=N/O)c1ccc(NC(=O)c2ccncc2O)c(Cl)c1. The van der Waals surface area contributed by atoms with Crippen molar-refractivity contribution in [2.45, 2.75) is 0 Å². The highest BCUT2D eigenvalue weighted by atomic mass is 35.5. The highest BCUT2D eigenvalue weighted by molar-refractivity contribution is 6.34. The lowest BCUT2D eigenvalue weighted by molar-refractivity contribution is 0.102. The van der Waals surface area contributed by atoms with E-state index in [2.05, 4.69) is 15.5 Å². The van der Waals surface area contributed by atoms with Gasteiger partial charge in [-0.3, -0.25) is 9.78 Å². The largest absolute Gasteiger partial charge is 0.505 e. The molecule has 0 saturated carbocycles. The molecule has 2 aromatic rings. The van der Waals surface area contributed by atoms with Crippen molar-refractivity contribution in [1.29, 1.82) is 0 Å². The zero-order chi connectivity index (χ0) is 15.4. The van der Waals surface area contributed by atoms with E-state index in [9.17, 15) is 9.90 Å². The zero-order valence-corrected chi connectivity index (χ0v) is 11.4. The summed E-state index contributed by atoms with van der Waals surface area (Å²) in [7, 11) is 0. The predicted octanol–water partition coefficient (Wildman–Crippen LogP) is 1.79. The first-order valence-electron chi connectivity index (χ1n) is 5.74. The van der Waals surface area contributed by atoms with Gasteiger partial charge in [-0.2, -0.15) is 0 Å². The van der Waals surface area contributed by atoms with Crippen LogP contribution in [0.3, 0.4) is 0 Å². The molecule has 0 bridgehead atoms. The van der Waals surface area contributed by atoms with Crippen molar-refractivity contribution in [3.8, 4) is 5.75 Å². The van der Waals surface area contributed by atoms with Crippen LogP contribution >= 0.6 is 11.6 Å². The number of nitrogens with one attached hydrogen (secondary N) is 1. The number of aromatic hydroxyl groups is 1. The third-order valence-electron chi connectivity index (χ3n) is 2.67. The molecule has 0 radical (unpaired) electrons. The summed E-state index contributed by atoms with van der Waals surface area (Å²) in [4.78, 5) is 15.7. The van der Waals surface area contributed by atoms with Crippen LogP contribution in [0, 0.1) is 0 Å². The van der Waals surface area contributed by atoms with Crippen molar-refractivity contribution in [2.24, 2.45) is 10.9 Å². The van der Waals surface area contributed by atoms with Crippen LogP contribution in [0.2, 0.25) is 5.02 Å². The van der Waals surface area contributed by atoms with Crippen LogP contribution < -0.4 is 11.1 Å². The Morgan fingerprint density at radius 2 is 2.14 bits per heavy atom. The minimum Gasteiger partial charge on any atom is -0.505 e. The summed E-state index contributed by atoms with van der Waals surface area (Å²) in [5.74, 6) is -0.866. The average molecular weight is 307 g/mol. The van der Waals surface area contributed by atoms with Gasteiger partial charge in [0.25, 0.3) is 5.91 Å². The maximum atomic E-state index is 12.0. The number of benzene rings is 1. The molecule has 1 amide bonds. The molecule has 1 aromatic heterocycles. The second-order valence-corrected chi connectivity index (χ2v) is 4.43. The second kappa shape index (κ2) is 6.10. The summed E-state index contributed by atoms with van der Waals surface area (Å²) >= 11 is 6.02. The third-order valence-corrected chi connectivity index (χ3v) is 2.98. The Hall–Kier alpha value is -2.80. The lowest BCUT2D eigenvalue weighted by atomic mass is 10.1. The number of nitrogens with two attached hydrogens (primary N) is 1. The summed E-state index contributed by atoms with van der Waals surface area (Å²) < 4.78 is 0. The van der Waals surface area contributed by atoms with Gasteiger partial charge >= 0.3 is 0 Å². The average Bonchev–Trinajstić information content (AvgIpc) is 2.48. The monoisotopic (exact) mass is 306 g/mol. The molecule has 0 aliphatic carbocycles. The molecule has 0 fully saturated rings. The summed E-state index contributed by atoms with van der Waals surface area (Å²) in [5.41, 5.74) is 6.25. The number of amides is 1. The lowest BCUT2D eigenvalue weighted by Crippen LogP contribution is -2.15. The smallest absolute Gasteiger partial charge is 0.259 e. The van der Waals surface area contributed by atoms with Gasteiger partial charge in [-0.1, -0.05) is 16.8 Å². The van der Waals surface area contributed by atoms with Gasteiger partial charge in [0.1, 0.15) is 5.75 Å². The first kappa shape index (κ1) is 14.6. The second-order valence-electron chi connectivity index (χ2n) is 4.03. The van der Waals surface area contributed by atoms with Crippen LogP contribution in [0.4, 0.5) is 5.69 Å². The predicted molar refractivity (Wildman–Crippen MR) is 77.8 cm³/mol. The fraction of sp³-hybridized carbons (Fsp3) is 0. The van der Waals surface area contributed by atoms with E-state index >= 15 is 0 Å². The topological polar surface area (TPSA) is 121 Å². The van der Waals surface area contributed by atoms with Crippen LogP contribution in [0.15, 0.2) is 41.8 Å². The Morgan fingerprint density at radius 3 is 2.76 bits per heavy atom. The Labute approximate surface area is 124 Å². The van der Waals surface area contributed by atoms with Crippen molar-refractivity contribution in [1.82, 2.24) is 4.98 Å². The van der Waals surface area contributed by atoms with Crippen LogP contribution in [0.5, 0.6) is 5.75 Å². The fourth-order valence-electron chi connectivity index (χ4n) is 1.60. The van der Waals surface area contributed by atoms with Crippen LogP contribution in [-0.2, 0) is 0 Å². The number of aromatic nitrogens is 1. The number of hydrogen-bond acceptors (Lipinski definition) is 5. The number of carbonyl (C=O) groups is 1. The summed E-state index contributed by atoms with van der Waals surface area (Å²) in [6.45, 7) is 0. The number of pyridine rings is 1. The maximum absolute atomic E-state index is 12.0. The number of oxime groups is 1. The van der Waals surface area contributed by atoms with E-state index in [0.29, 0.717) is 11.3 Å². The molecule has 108 valence electrons. The van der Waals surface area contributed by atoms with Crippen molar-refractivity contribution >= 4 is 29.0 Å². The summed E-state index contributed by atoms with van der Waals surface area (Å²) in [6.07, 6.45) is 2.55. The highest BCUT2D eigenvalue weighted by Gasteiger charge is 2.13. The summed E-state index contributed by atoms with van der Waals surface area (Å²) in [5, 5.41) is 23.8. The number of halogens is 1. The first-order valence-corrected chi connectivity index (χ1v) is 6.12. The number of rotatable bonds is 3. The van der Waals surface area contributed by atoms with Gasteiger partial charge in [-0.15, -0.1) is 0 Å². The molecule has 0 unspecified atom stereocenters. The standard InChI is InChI=1S/C13H11ClN4O3/c14-9-5-7(12(15)18-21)1-2-10(9)17-13(20)8-3-4-16-6-11(8)19/h1-6,19,21H,(H2,15,18)(H,17,20). The number of amidine groups is 1. The van der Waals surface area contributed by atoms with Gasteiger partial charge in [0.15, 0.2) is 5.84 Å². The fourth-order valence-corrected chi connectivity index (χ4v) is 1.83. The van der Waals surface area contributed by atoms with Crippen LogP contribution in [0.25, 0.3) is 0 Å². The molecule has 0 saturated heterocycles. The van der Waals surface area contributed by atoms with E-state index in [1.165, 1.54) is 30.5 Å². The molecule has 21 heavy (non-hydrogen) atoms. The van der Waals surface area contributed by atoms with Gasteiger partial charge in [-0.05, 0) is 24.3 Å². The molecule has 5 N–H and O–H groups in total. The van der Waals surface area contributed by atoms with Gasteiger partial charge in [0.2, 0.25) is 0 Å². The lowest BCUT2D eigenvalue weighted by Gasteiger charge is -2.09. The molecule has 0 aliphatic heterocycles. The van der Waals surface area contributed by atoms with E-state index in [1.807, 2.05) is 0 Å². The molecule has 0 atom stereocenters. The number of anilines is 1. The molecule has 7 nitrogen and oxygen atoms in total. The number of hydrogen-bond donors (Lipinski definition) is 4. The third kappa shape index (κ3) is 3.21. The van der Waals surface area contributed by atoms with E-state index in [0.717, 1.165) is 6.20 Å². The number of nitrogens with zero attached hydrogens (tertiary/aromatic N) is 2. The van der Waals surface area contributed by atoms with Crippen molar-refractivity contribution in [2.75, 3.05) is 5.32 Å². The van der Waals surface area contributed by atoms with E-state index in [-0.39, 0.29) is 22.2 Å². The molecule has 1 heterocycles. The Kier molecular flexibility index (Phi) is 4.24. The van der Waals surface area contributed by atoms with E-state index in [1.54, 1.807) is 0 Å². The van der Waals surface area contributed by atoms with E-state index in [4.69, 9.17) is 22.5 Å². The van der Waals surface area contributed by atoms with Gasteiger partial charge in [-0.25, -0.2) is 0 Å². The highest BCUT2D eigenvalue weighted by Crippen LogP contribution is 2.24. The molecule has 2 rings (SSSR count). The summed E-state index contributed by atoms with van der Waals surface area (Å²) in [6, 6.07) is 5.86. The molecule has 1 aromatic carbocycles. The van der Waals surface area contributed by atoms with Gasteiger partial charge in [0.05, 0.1) is 22.5 Å². The Bertz CT molecular complexity index is 718. The van der Waals surface area contributed by atoms with Gasteiger partial charge < -0.3 is 21.4 Å². The van der Waals surface area contributed by atoms with Crippen LogP contribution in [0.1, 0.15) is 15.9 Å². The Balaban J connectivity index is 2.25. The molecule has 8 heteroatoms. The van der Waals surface area contributed by atoms with Gasteiger partial charge in [0, 0.05) is 11.8 Å². The van der Waals surface area contributed by atoms with Crippen molar-refractivity contribution in [3.05, 3.63) is 52.8 Å². The quantitative estimate of drug-likeness (QED) is 0.298. The van der Waals surface area contributed by atoms with Crippen LogP contribution in [-0.4, -0.2) is 27.0 Å². The normalized spacial score (nSPS) is 11.2. The van der Waals surface area contributed by atoms with Crippen molar-refractivity contribution < 1.29 is 15.1 Å². The molecular formula is C13H11ClN4O3. The number of carbonyl (C=O) groups excluding carboxylic acids is 1. The zero-order valence-electron chi connectivity index (χ0n) is 10.6. The minimum atomic E-state index is -0.534. The Morgan fingerprint density at radius 1 is 1.38 bits per heavy atom.